The highest BCUT2D eigenvalue weighted by atomic mass is 16.5. The standard InChI is InChI=1S/C32H53N5O7/c1-17(2)20-14-22(27(40)34-21(13-18-9-10-18)23(38)26(33)39)37(15-20)28(41)24(31(3,4)5)35-30(43)36-25(32(6,7)8)29(42)44-16-19-11-12-19/h17-22,24-25H,9-16H2,1-8H3,(H2,33,39)(H,34,40)(H2,35,36,43)/t20-,21?,22+,24-,25-/m1/s1. The summed E-state index contributed by atoms with van der Waals surface area (Å²) in [6.07, 6.45) is 4.57. The maximum absolute atomic E-state index is 14.2. The molecular weight excluding hydrogens is 566 g/mol. The highest BCUT2D eigenvalue weighted by Gasteiger charge is 2.47. The number of nitrogens with one attached hydrogen (secondary N) is 3. The summed E-state index contributed by atoms with van der Waals surface area (Å²) in [5.74, 6) is -2.68. The molecule has 0 bridgehead atoms. The number of ketones is 1. The zero-order valence-electron chi connectivity index (χ0n) is 27.7. The topological polar surface area (TPSA) is 177 Å². The molecular formula is C32H53N5O7. The van der Waals surface area contributed by atoms with E-state index in [0.29, 0.717) is 31.9 Å². The summed E-state index contributed by atoms with van der Waals surface area (Å²) < 4.78 is 5.47. The van der Waals surface area contributed by atoms with Crippen molar-refractivity contribution in [3.63, 3.8) is 0 Å². The number of primary amides is 1. The molecule has 12 nitrogen and oxygen atoms in total. The lowest BCUT2D eigenvalue weighted by atomic mass is 9.85. The van der Waals surface area contributed by atoms with Crippen molar-refractivity contribution in [2.24, 2.45) is 40.2 Å². The second kappa shape index (κ2) is 13.9. The Morgan fingerprint density at radius 1 is 0.841 bits per heavy atom. The molecule has 0 aromatic carbocycles. The van der Waals surface area contributed by atoms with E-state index >= 15 is 0 Å². The molecule has 44 heavy (non-hydrogen) atoms. The minimum atomic E-state index is -1.11. The number of urea groups is 1. The number of carbonyl (C=O) groups is 6. The van der Waals surface area contributed by atoms with Crippen LogP contribution in [0.5, 0.6) is 0 Å². The zero-order valence-corrected chi connectivity index (χ0v) is 27.7. The first-order chi connectivity index (χ1) is 20.3. The molecule has 1 saturated heterocycles. The number of hydrogen-bond donors (Lipinski definition) is 4. The summed E-state index contributed by atoms with van der Waals surface area (Å²) >= 11 is 0. The van der Waals surface area contributed by atoms with Gasteiger partial charge in [0.05, 0.1) is 12.6 Å². The van der Waals surface area contributed by atoms with Gasteiger partial charge in [0.2, 0.25) is 17.6 Å². The number of nitrogens with two attached hydrogens (primary N) is 1. The minimum absolute atomic E-state index is 0.00405. The van der Waals surface area contributed by atoms with Crippen LogP contribution in [-0.2, 0) is 28.7 Å². The monoisotopic (exact) mass is 619 g/mol. The number of carbonyl (C=O) groups excluding carboxylic acids is 6. The van der Waals surface area contributed by atoms with E-state index in [0.717, 1.165) is 25.7 Å². The molecule has 12 heteroatoms. The average Bonchev–Trinajstić information content (AvgIpc) is 3.84. The Balaban J connectivity index is 1.79. The molecule has 0 aromatic rings. The molecule has 0 spiro atoms. The van der Waals surface area contributed by atoms with E-state index in [2.05, 4.69) is 16.0 Å². The molecule has 1 heterocycles. The van der Waals surface area contributed by atoms with Crippen molar-refractivity contribution >= 4 is 35.5 Å². The molecule has 2 saturated carbocycles. The van der Waals surface area contributed by atoms with Crippen LogP contribution in [0.4, 0.5) is 4.79 Å². The lowest BCUT2D eigenvalue weighted by Crippen LogP contribution is -2.61. The van der Waals surface area contributed by atoms with E-state index in [1.54, 1.807) is 0 Å². The smallest absolute Gasteiger partial charge is 0.329 e. The lowest BCUT2D eigenvalue weighted by Gasteiger charge is -2.36. The summed E-state index contributed by atoms with van der Waals surface area (Å²) in [4.78, 5) is 79.8. The largest absolute Gasteiger partial charge is 0.464 e. The van der Waals surface area contributed by atoms with Gasteiger partial charge in [0.1, 0.15) is 18.1 Å². The fourth-order valence-corrected chi connectivity index (χ4v) is 5.52. The van der Waals surface area contributed by atoms with Crippen LogP contribution in [0.25, 0.3) is 0 Å². The van der Waals surface area contributed by atoms with E-state index in [1.165, 1.54) is 4.90 Å². The minimum Gasteiger partial charge on any atom is -0.464 e. The predicted molar refractivity (Wildman–Crippen MR) is 164 cm³/mol. The fraction of sp³-hybridized carbons (Fsp3) is 0.812. The Morgan fingerprint density at radius 3 is 1.86 bits per heavy atom. The van der Waals surface area contributed by atoms with Crippen LogP contribution in [0, 0.1) is 34.5 Å². The maximum atomic E-state index is 14.2. The van der Waals surface area contributed by atoms with Gasteiger partial charge in [-0.3, -0.25) is 19.2 Å². The van der Waals surface area contributed by atoms with Gasteiger partial charge < -0.3 is 31.3 Å². The molecule has 5 amide bonds. The van der Waals surface area contributed by atoms with Gasteiger partial charge in [-0.25, -0.2) is 9.59 Å². The number of hydrogen-bond acceptors (Lipinski definition) is 7. The summed E-state index contributed by atoms with van der Waals surface area (Å²) in [6.45, 7) is 15.5. The van der Waals surface area contributed by atoms with Gasteiger partial charge in [0.25, 0.3) is 5.91 Å². The third kappa shape index (κ3) is 9.66. The van der Waals surface area contributed by atoms with Crippen LogP contribution in [0.15, 0.2) is 0 Å². The molecule has 1 unspecified atom stereocenters. The van der Waals surface area contributed by atoms with Gasteiger partial charge in [0.15, 0.2) is 0 Å². The number of nitrogens with zero attached hydrogens (tertiary/aromatic N) is 1. The molecule has 3 rings (SSSR count). The average molecular weight is 620 g/mol. The van der Waals surface area contributed by atoms with Crippen molar-refractivity contribution in [3.8, 4) is 0 Å². The number of rotatable bonds is 13. The molecule has 3 fully saturated rings. The summed E-state index contributed by atoms with van der Waals surface area (Å²) in [5.41, 5.74) is 3.86. The Bertz CT molecular complexity index is 1120. The Hall–Kier alpha value is -3.18. The fourth-order valence-electron chi connectivity index (χ4n) is 5.52. The Kier molecular flexibility index (Phi) is 11.1. The van der Waals surface area contributed by atoms with E-state index in [-0.39, 0.29) is 17.8 Å². The van der Waals surface area contributed by atoms with E-state index in [4.69, 9.17) is 10.5 Å². The number of likely N-dealkylation sites (tertiary alicyclic amines) is 1. The molecule has 0 aromatic heterocycles. The first kappa shape index (κ1) is 35.3. The van der Waals surface area contributed by atoms with Crippen LogP contribution < -0.4 is 21.7 Å². The highest BCUT2D eigenvalue weighted by Crippen LogP contribution is 2.35. The van der Waals surface area contributed by atoms with Gasteiger partial charge in [-0.15, -0.1) is 0 Å². The predicted octanol–water partition coefficient (Wildman–Crippen LogP) is 2.28. The molecule has 5 atom stereocenters. The van der Waals surface area contributed by atoms with Gasteiger partial charge >= 0.3 is 12.0 Å². The summed E-state index contributed by atoms with van der Waals surface area (Å²) in [7, 11) is 0. The Morgan fingerprint density at radius 2 is 1.39 bits per heavy atom. The van der Waals surface area contributed by atoms with Crippen LogP contribution in [0.1, 0.15) is 93.9 Å². The number of Topliss-reactive ketones (excluding diaryl/α,β-unsaturated/α-hetero) is 1. The third-order valence-electron chi connectivity index (χ3n) is 8.93. The van der Waals surface area contributed by atoms with Crippen molar-refractivity contribution in [1.29, 1.82) is 0 Å². The normalized spacial score (nSPS) is 22.5. The van der Waals surface area contributed by atoms with Gasteiger partial charge in [0, 0.05) is 6.54 Å². The second-order valence-corrected chi connectivity index (χ2v) is 15.5. The quantitative estimate of drug-likeness (QED) is 0.180. The summed E-state index contributed by atoms with van der Waals surface area (Å²) in [6, 6.07) is -4.62. The number of ether oxygens (including phenoxy) is 1. The number of amides is 5. The van der Waals surface area contributed by atoms with Crippen molar-refractivity contribution in [3.05, 3.63) is 0 Å². The second-order valence-electron chi connectivity index (χ2n) is 15.5. The first-order valence-electron chi connectivity index (χ1n) is 16.0. The van der Waals surface area contributed by atoms with Crippen molar-refractivity contribution in [2.45, 2.75) is 118 Å². The maximum Gasteiger partial charge on any atom is 0.329 e. The van der Waals surface area contributed by atoms with Crippen LogP contribution in [-0.4, -0.2) is 77.7 Å². The number of esters is 1. The van der Waals surface area contributed by atoms with Gasteiger partial charge in [-0.2, -0.15) is 0 Å². The highest BCUT2D eigenvalue weighted by molar-refractivity contribution is 6.37. The van der Waals surface area contributed by atoms with E-state index in [1.807, 2.05) is 55.4 Å². The van der Waals surface area contributed by atoms with Crippen molar-refractivity contribution in [2.75, 3.05) is 13.2 Å². The molecule has 3 aliphatic rings. The SMILES string of the molecule is CC(C)[C@@H]1C[C@@H](C(=O)NC(CC2CC2)C(=O)C(N)=O)N(C(=O)[C@@H](NC(=O)N[C@H](C(=O)OCC2CC2)C(C)(C)C)C(C)(C)C)C1. The van der Waals surface area contributed by atoms with Crippen molar-refractivity contribution < 1.29 is 33.5 Å². The van der Waals surface area contributed by atoms with Gasteiger partial charge in [-0.05, 0) is 60.2 Å². The molecule has 1 aliphatic heterocycles. The molecule has 0 radical (unpaired) electrons. The van der Waals surface area contributed by atoms with Crippen LogP contribution >= 0.6 is 0 Å². The molecule has 5 N–H and O–H groups in total. The van der Waals surface area contributed by atoms with E-state index in [9.17, 15) is 28.8 Å². The molecule has 248 valence electrons. The third-order valence-corrected chi connectivity index (χ3v) is 8.93. The summed E-state index contributed by atoms with van der Waals surface area (Å²) in [5, 5.41) is 8.23. The Labute approximate surface area is 261 Å². The lowest BCUT2D eigenvalue weighted by molar-refractivity contribution is -0.149. The van der Waals surface area contributed by atoms with Crippen molar-refractivity contribution in [1.82, 2.24) is 20.9 Å². The van der Waals surface area contributed by atoms with Crippen LogP contribution in [0.2, 0.25) is 0 Å². The first-order valence-corrected chi connectivity index (χ1v) is 16.0. The molecule has 2 aliphatic carbocycles. The van der Waals surface area contributed by atoms with Gasteiger partial charge in [-0.1, -0.05) is 68.2 Å². The van der Waals surface area contributed by atoms with E-state index < -0.39 is 70.5 Å². The van der Waals surface area contributed by atoms with Crippen LogP contribution in [0.3, 0.4) is 0 Å². The zero-order chi connectivity index (χ0) is 33.1.